The Balaban J connectivity index is 3.97. The molecule has 0 bridgehead atoms. The fourth-order valence-electron chi connectivity index (χ4n) is 1.26. The first-order chi connectivity index (χ1) is 7.44. The van der Waals surface area contributed by atoms with Crippen molar-refractivity contribution in [2.75, 3.05) is 34.0 Å². The lowest BCUT2D eigenvalue weighted by atomic mass is 10.0. The summed E-state index contributed by atoms with van der Waals surface area (Å²) in [5.74, 6) is 0.360. The summed E-state index contributed by atoms with van der Waals surface area (Å²) in [5.41, 5.74) is -0.736. The molecule has 0 saturated carbocycles. The zero-order valence-electron chi connectivity index (χ0n) is 11.0. The standard InChI is InChI=1S/C12H24O4/c1-10(8-15-5)9-16-12(2,3)11(13)6-7-14-4/h10H,6-9H2,1-5H3. The van der Waals surface area contributed by atoms with Gasteiger partial charge in [0.1, 0.15) is 5.60 Å². The average Bonchev–Trinajstić information content (AvgIpc) is 2.23. The van der Waals surface area contributed by atoms with Crippen LogP contribution in [-0.4, -0.2) is 45.4 Å². The van der Waals surface area contributed by atoms with E-state index in [4.69, 9.17) is 14.2 Å². The van der Waals surface area contributed by atoms with E-state index in [1.807, 2.05) is 6.92 Å². The molecule has 96 valence electrons. The first-order valence-corrected chi connectivity index (χ1v) is 5.59. The number of hydrogen-bond donors (Lipinski definition) is 0. The summed E-state index contributed by atoms with van der Waals surface area (Å²) in [4.78, 5) is 11.8. The SMILES string of the molecule is COCCC(=O)C(C)(C)OCC(C)COC. The van der Waals surface area contributed by atoms with Crippen LogP contribution in [0, 0.1) is 5.92 Å². The second-order valence-electron chi connectivity index (χ2n) is 4.55. The van der Waals surface area contributed by atoms with Gasteiger partial charge in [0, 0.05) is 26.6 Å². The third-order valence-corrected chi connectivity index (χ3v) is 2.38. The molecular formula is C12H24O4. The Morgan fingerprint density at radius 1 is 1.19 bits per heavy atom. The Kier molecular flexibility index (Phi) is 7.55. The van der Waals surface area contributed by atoms with E-state index in [0.29, 0.717) is 32.2 Å². The topological polar surface area (TPSA) is 44.8 Å². The molecule has 1 atom stereocenters. The van der Waals surface area contributed by atoms with Crippen molar-refractivity contribution in [2.24, 2.45) is 5.92 Å². The van der Waals surface area contributed by atoms with Crippen molar-refractivity contribution in [1.82, 2.24) is 0 Å². The van der Waals surface area contributed by atoms with Crippen molar-refractivity contribution in [2.45, 2.75) is 32.8 Å². The molecular weight excluding hydrogens is 208 g/mol. The number of carbonyl (C=O) groups is 1. The molecule has 4 nitrogen and oxygen atoms in total. The van der Waals surface area contributed by atoms with Gasteiger partial charge in [0.25, 0.3) is 0 Å². The predicted octanol–water partition coefficient (Wildman–Crippen LogP) is 1.67. The summed E-state index contributed by atoms with van der Waals surface area (Å²) in [7, 11) is 3.24. The summed E-state index contributed by atoms with van der Waals surface area (Å²) in [6.07, 6.45) is 0.391. The summed E-state index contributed by atoms with van der Waals surface area (Å²) in [6.45, 7) is 7.23. The Bertz CT molecular complexity index is 201. The van der Waals surface area contributed by atoms with Crippen LogP contribution in [0.25, 0.3) is 0 Å². The summed E-state index contributed by atoms with van der Waals surface area (Å²) >= 11 is 0. The second-order valence-corrected chi connectivity index (χ2v) is 4.55. The number of Topliss-reactive ketones (excluding diaryl/α,β-unsaturated/α-hetero) is 1. The maximum Gasteiger partial charge on any atom is 0.166 e. The molecule has 0 rings (SSSR count). The fourth-order valence-corrected chi connectivity index (χ4v) is 1.26. The fraction of sp³-hybridized carbons (Fsp3) is 0.917. The number of ether oxygens (including phenoxy) is 3. The third-order valence-electron chi connectivity index (χ3n) is 2.38. The molecule has 4 heteroatoms. The van der Waals surface area contributed by atoms with Gasteiger partial charge < -0.3 is 14.2 Å². The molecule has 0 saturated heterocycles. The minimum atomic E-state index is -0.736. The normalized spacial score (nSPS) is 13.8. The average molecular weight is 232 g/mol. The number of ketones is 1. The van der Waals surface area contributed by atoms with E-state index in [2.05, 4.69) is 0 Å². The minimum Gasteiger partial charge on any atom is -0.384 e. The lowest BCUT2D eigenvalue weighted by molar-refractivity contribution is -0.143. The van der Waals surface area contributed by atoms with E-state index >= 15 is 0 Å². The summed E-state index contributed by atoms with van der Waals surface area (Å²) in [5, 5.41) is 0. The molecule has 0 aliphatic carbocycles. The third kappa shape index (κ3) is 6.20. The molecule has 0 fully saturated rings. The Morgan fingerprint density at radius 3 is 2.31 bits per heavy atom. The van der Waals surface area contributed by atoms with E-state index in [-0.39, 0.29) is 5.78 Å². The molecule has 16 heavy (non-hydrogen) atoms. The lowest BCUT2D eigenvalue weighted by Crippen LogP contribution is -2.37. The molecule has 1 unspecified atom stereocenters. The van der Waals surface area contributed by atoms with Crippen molar-refractivity contribution in [1.29, 1.82) is 0 Å². The van der Waals surface area contributed by atoms with Crippen molar-refractivity contribution in [3.63, 3.8) is 0 Å². The van der Waals surface area contributed by atoms with E-state index in [1.54, 1.807) is 28.1 Å². The number of rotatable bonds is 9. The van der Waals surface area contributed by atoms with Gasteiger partial charge in [0.15, 0.2) is 5.78 Å². The van der Waals surface area contributed by atoms with Gasteiger partial charge in [-0.05, 0) is 13.8 Å². The molecule has 0 radical (unpaired) electrons. The molecule has 0 aromatic carbocycles. The molecule has 0 N–H and O–H groups in total. The highest BCUT2D eigenvalue weighted by Gasteiger charge is 2.28. The molecule has 0 aromatic rings. The molecule has 0 aliphatic heterocycles. The van der Waals surface area contributed by atoms with E-state index < -0.39 is 5.60 Å². The van der Waals surface area contributed by atoms with Crippen LogP contribution in [0.4, 0.5) is 0 Å². The molecule has 0 spiro atoms. The zero-order valence-corrected chi connectivity index (χ0v) is 11.0. The van der Waals surface area contributed by atoms with Gasteiger partial charge in [-0.25, -0.2) is 0 Å². The monoisotopic (exact) mass is 232 g/mol. The first kappa shape index (κ1) is 15.6. The van der Waals surface area contributed by atoms with Gasteiger partial charge in [-0.3, -0.25) is 4.79 Å². The Hall–Kier alpha value is -0.450. The lowest BCUT2D eigenvalue weighted by Gasteiger charge is -2.25. The van der Waals surface area contributed by atoms with Gasteiger partial charge in [0.2, 0.25) is 0 Å². The highest BCUT2D eigenvalue weighted by atomic mass is 16.5. The number of carbonyl (C=O) groups excluding carboxylic acids is 1. The maximum atomic E-state index is 11.8. The van der Waals surface area contributed by atoms with Gasteiger partial charge >= 0.3 is 0 Å². The van der Waals surface area contributed by atoms with Crippen molar-refractivity contribution < 1.29 is 19.0 Å². The Morgan fingerprint density at radius 2 is 1.81 bits per heavy atom. The van der Waals surface area contributed by atoms with Gasteiger partial charge in [0.05, 0.1) is 19.8 Å². The highest BCUT2D eigenvalue weighted by molar-refractivity contribution is 5.86. The molecule has 0 amide bonds. The van der Waals surface area contributed by atoms with Crippen LogP contribution in [0.5, 0.6) is 0 Å². The van der Waals surface area contributed by atoms with Crippen LogP contribution >= 0.6 is 0 Å². The van der Waals surface area contributed by atoms with E-state index in [1.165, 1.54) is 0 Å². The van der Waals surface area contributed by atoms with Crippen LogP contribution in [0.3, 0.4) is 0 Å². The van der Waals surface area contributed by atoms with Gasteiger partial charge in [-0.15, -0.1) is 0 Å². The summed E-state index contributed by atoms with van der Waals surface area (Å²) in [6, 6.07) is 0. The summed E-state index contributed by atoms with van der Waals surface area (Å²) < 4.78 is 15.5. The number of methoxy groups -OCH3 is 2. The molecule has 0 aromatic heterocycles. The van der Waals surface area contributed by atoms with Crippen LogP contribution in [0.15, 0.2) is 0 Å². The van der Waals surface area contributed by atoms with Gasteiger partial charge in [-0.2, -0.15) is 0 Å². The van der Waals surface area contributed by atoms with Crippen molar-refractivity contribution in [3.8, 4) is 0 Å². The van der Waals surface area contributed by atoms with E-state index in [9.17, 15) is 4.79 Å². The van der Waals surface area contributed by atoms with Crippen molar-refractivity contribution in [3.05, 3.63) is 0 Å². The second kappa shape index (κ2) is 7.76. The largest absolute Gasteiger partial charge is 0.384 e. The van der Waals surface area contributed by atoms with E-state index in [0.717, 1.165) is 0 Å². The molecule has 0 heterocycles. The highest BCUT2D eigenvalue weighted by Crippen LogP contribution is 2.14. The first-order valence-electron chi connectivity index (χ1n) is 5.59. The zero-order chi connectivity index (χ0) is 12.6. The number of hydrogen-bond acceptors (Lipinski definition) is 4. The predicted molar refractivity (Wildman–Crippen MR) is 62.6 cm³/mol. The van der Waals surface area contributed by atoms with Crippen molar-refractivity contribution >= 4 is 5.78 Å². The molecule has 0 aliphatic rings. The van der Waals surface area contributed by atoms with Crippen LogP contribution in [-0.2, 0) is 19.0 Å². The van der Waals surface area contributed by atoms with Crippen LogP contribution in [0.2, 0.25) is 0 Å². The van der Waals surface area contributed by atoms with Gasteiger partial charge in [-0.1, -0.05) is 6.92 Å². The minimum absolute atomic E-state index is 0.0685. The quantitative estimate of drug-likeness (QED) is 0.606. The smallest absolute Gasteiger partial charge is 0.166 e. The van der Waals surface area contributed by atoms with Crippen LogP contribution in [0.1, 0.15) is 27.2 Å². The maximum absolute atomic E-state index is 11.8. The Labute approximate surface area is 98.3 Å². The van der Waals surface area contributed by atoms with Crippen LogP contribution < -0.4 is 0 Å².